The number of rotatable bonds is 5. The van der Waals surface area contributed by atoms with Gasteiger partial charge in [-0.2, -0.15) is 0 Å². The predicted octanol–water partition coefficient (Wildman–Crippen LogP) is 4.08. The zero-order valence-electron chi connectivity index (χ0n) is 17.8. The number of amides is 1. The molecule has 2 aromatic rings. The number of hydrogen-bond acceptors (Lipinski definition) is 5. The number of fused-ring (bicyclic) bond motifs is 2. The number of aliphatic imine (C=N–C) groups is 1. The minimum Gasteiger partial charge on any atom is -0.314 e. The molecule has 0 bridgehead atoms. The SMILES string of the molecule is [N-]=[N+]=Nc1cccc(CN2C(=O)C3=C(CCN(Cc4cc(F)cc(F)c4)C3)N3CCN=C23)c1. The largest absolute Gasteiger partial charge is 0.314 e. The Morgan fingerprint density at radius 2 is 1.88 bits per heavy atom. The third-order valence-corrected chi connectivity index (χ3v) is 6.02. The zero-order valence-corrected chi connectivity index (χ0v) is 17.8. The van der Waals surface area contributed by atoms with E-state index >= 15 is 0 Å². The highest BCUT2D eigenvalue weighted by molar-refractivity contribution is 6.09. The molecular formula is C23H21F2N7O. The summed E-state index contributed by atoms with van der Waals surface area (Å²) in [4.78, 5) is 26.7. The highest BCUT2D eigenvalue weighted by Gasteiger charge is 2.40. The van der Waals surface area contributed by atoms with Gasteiger partial charge in [-0.1, -0.05) is 23.3 Å². The molecule has 1 amide bonds. The Kier molecular flexibility index (Phi) is 5.53. The molecule has 10 heteroatoms. The molecule has 3 aliphatic heterocycles. The van der Waals surface area contributed by atoms with E-state index < -0.39 is 11.6 Å². The van der Waals surface area contributed by atoms with Crippen molar-refractivity contribution >= 4 is 17.6 Å². The van der Waals surface area contributed by atoms with E-state index in [9.17, 15) is 13.6 Å². The van der Waals surface area contributed by atoms with Crippen LogP contribution in [0.3, 0.4) is 0 Å². The summed E-state index contributed by atoms with van der Waals surface area (Å²) in [6.07, 6.45) is 0.665. The second-order valence-corrected chi connectivity index (χ2v) is 8.25. The van der Waals surface area contributed by atoms with Gasteiger partial charge in [0.25, 0.3) is 5.91 Å². The molecular weight excluding hydrogens is 428 g/mol. The summed E-state index contributed by atoms with van der Waals surface area (Å²) in [5.41, 5.74) is 12.2. The van der Waals surface area contributed by atoms with Crippen molar-refractivity contribution in [1.29, 1.82) is 0 Å². The number of halogens is 2. The lowest BCUT2D eigenvalue weighted by molar-refractivity contribution is -0.125. The van der Waals surface area contributed by atoms with Crippen LogP contribution < -0.4 is 0 Å². The Morgan fingerprint density at radius 1 is 1.06 bits per heavy atom. The fraction of sp³-hybridized carbons (Fsp3) is 0.304. The van der Waals surface area contributed by atoms with Gasteiger partial charge in [-0.15, -0.1) is 0 Å². The van der Waals surface area contributed by atoms with Gasteiger partial charge in [0, 0.05) is 55.0 Å². The van der Waals surface area contributed by atoms with E-state index in [-0.39, 0.29) is 5.91 Å². The number of benzene rings is 2. The molecule has 0 saturated carbocycles. The first-order valence-electron chi connectivity index (χ1n) is 10.7. The van der Waals surface area contributed by atoms with Crippen LogP contribution in [-0.4, -0.2) is 52.7 Å². The molecule has 0 fully saturated rings. The highest BCUT2D eigenvalue weighted by atomic mass is 19.1. The Morgan fingerprint density at radius 3 is 2.67 bits per heavy atom. The molecule has 3 heterocycles. The molecule has 0 atom stereocenters. The van der Waals surface area contributed by atoms with Crippen LogP contribution in [0.25, 0.3) is 10.4 Å². The van der Waals surface area contributed by atoms with Crippen LogP contribution in [0.5, 0.6) is 0 Å². The summed E-state index contributed by atoms with van der Waals surface area (Å²) < 4.78 is 27.2. The number of azide groups is 1. The van der Waals surface area contributed by atoms with Gasteiger partial charge in [-0.05, 0) is 34.9 Å². The summed E-state index contributed by atoms with van der Waals surface area (Å²) in [5, 5.41) is 3.64. The Bertz CT molecular complexity index is 1210. The maximum Gasteiger partial charge on any atom is 0.259 e. The number of nitrogens with zero attached hydrogens (tertiary/aromatic N) is 7. The second-order valence-electron chi connectivity index (χ2n) is 8.25. The third kappa shape index (κ3) is 4.18. The third-order valence-electron chi connectivity index (χ3n) is 6.02. The lowest BCUT2D eigenvalue weighted by Crippen LogP contribution is -2.53. The van der Waals surface area contributed by atoms with E-state index in [0.717, 1.165) is 17.3 Å². The van der Waals surface area contributed by atoms with Crippen LogP contribution in [0, 0.1) is 11.6 Å². The van der Waals surface area contributed by atoms with E-state index in [1.54, 1.807) is 23.1 Å². The monoisotopic (exact) mass is 449 g/mol. The topological polar surface area (TPSA) is 87.9 Å². The van der Waals surface area contributed by atoms with Crippen molar-refractivity contribution < 1.29 is 13.6 Å². The molecule has 0 radical (unpaired) electrons. The zero-order chi connectivity index (χ0) is 22.9. The van der Waals surface area contributed by atoms with Crippen molar-refractivity contribution in [2.75, 3.05) is 26.2 Å². The van der Waals surface area contributed by atoms with E-state index in [2.05, 4.69) is 19.9 Å². The average Bonchev–Trinajstić information content (AvgIpc) is 3.26. The van der Waals surface area contributed by atoms with Crippen molar-refractivity contribution in [2.45, 2.75) is 19.5 Å². The van der Waals surface area contributed by atoms with Crippen LogP contribution in [0.15, 0.2) is 63.8 Å². The molecule has 8 nitrogen and oxygen atoms in total. The Hall–Kier alpha value is -3.75. The molecule has 0 spiro atoms. The minimum absolute atomic E-state index is 0.119. The van der Waals surface area contributed by atoms with Crippen LogP contribution in [0.1, 0.15) is 17.5 Å². The van der Waals surface area contributed by atoms with E-state index in [4.69, 9.17) is 5.53 Å². The fourth-order valence-electron chi connectivity index (χ4n) is 4.66. The van der Waals surface area contributed by atoms with Crippen LogP contribution in [0.2, 0.25) is 0 Å². The average molecular weight is 449 g/mol. The molecule has 0 unspecified atom stereocenters. The van der Waals surface area contributed by atoms with Gasteiger partial charge >= 0.3 is 0 Å². The smallest absolute Gasteiger partial charge is 0.259 e. The molecule has 168 valence electrons. The fourth-order valence-corrected chi connectivity index (χ4v) is 4.66. The first-order valence-corrected chi connectivity index (χ1v) is 10.7. The molecule has 0 N–H and O–H groups in total. The van der Waals surface area contributed by atoms with Gasteiger partial charge in [0.2, 0.25) is 5.96 Å². The van der Waals surface area contributed by atoms with E-state index in [1.807, 2.05) is 11.0 Å². The molecule has 33 heavy (non-hydrogen) atoms. The first kappa shape index (κ1) is 21.1. The molecule has 0 aliphatic carbocycles. The summed E-state index contributed by atoms with van der Waals surface area (Å²) in [7, 11) is 0. The maximum absolute atomic E-state index is 13.6. The minimum atomic E-state index is -0.609. The van der Waals surface area contributed by atoms with Crippen molar-refractivity contribution in [1.82, 2.24) is 14.7 Å². The highest BCUT2D eigenvalue weighted by Crippen LogP contribution is 2.32. The van der Waals surface area contributed by atoms with E-state index in [0.29, 0.717) is 68.5 Å². The van der Waals surface area contributed by atoms with Gasteiger partial charge in [0.1, 0.15) is 11.6 Å². The summed E-state index contributed by atoms with van der Waals surface area (Å²) in [6, 6.07) is 10.6. The lowest BCUT2D eigenvalue weighted by atomic mass is 10.00. The van der Waals surface area contributed by atoms with Crippen molar-refractivity contribution in [3.8, 4) is 0 Å². The summed E-state index contributed by atoms with van der Waals surface area (Å²) in [6.45, 7) is 3.06. The molecule has 0 aromatic heterocycles. The maximum atomic E-state index is 13.6. The van der Waals surface area contributed by atoms with Gasteiger partial charge in [0.15, 0.2) is 0 Å². The lowest BCUT2D eigenvalue weighted by Gasteiger charge is -2.42. The van der Waals surface area contributed by atoms with Gasteiger partial charge < -0.3 is 4.90 Å². The molecule has 2 aromatic carbocycles. The van der Waals surface area contributed by atoms with Gasteiger partial charge in [-0.25, -0.2) is 8.78 Å². The van der Waals surface area contributed by atoms with Crippen LogP contribution in [-0.2, 0) is 17.9 Å². The summed E-state index contributed by atoms with van der Waals surface area (Å²) >= 11 is 0. The second kappa shape index (κ2) is 8.65. The Labute approximate surface area is 189 Å². The predicted molar refractivity (Wildman–Crippen MR) is 118 cm³/mol. The molecule has 5 rings (SSSR count). The van der Waals surface area contributed by atoms with Crippen LogP contribution in [0.4, 0.5) is 14.5 Å². The number of carbonyl (C=O) groups excluding carboxylic acids is 1. The van der Waals surface area contributed by atoms with Crippen molar-refractivity contribution in [3.05, 3.63) is 86.9 Å². The quantitative estimate of drug-likeness (QED) is 0.391. The van der Waals surface area contributed by atoms with Gasteiger partial charge in [-0.3, -0.25) is 19.6 Å². The van der Waals surface area contributed by atoms with E-state index in [1.165, 1.54) is 12.1 Å². The number of guanidine groups is 1. The normalized spacial score (nSPS) is 18.1. The van der Waals surface area contributed by atoms with Crippen molar-refractivity contribution in [3.63, 3.8) is 0 Å². The first-order chi connectivity index (χ1) is 16.0. The number of carbonyl (C=O) groups is 1. The van der Waals surface area contributed by atoms with Gasteiger partial charge in [0.05, 0.1) is 18.7 Å². The van der Waals surface area contributed by atoms with Crippen molar-refractivity contribution in [2.24, 2.45) is 10.1 Å². The number of hydrogen-bond donors (Lipinski definition) is 0. The Balaban J connectivity index is 1.40. The standard InChI is InChI=1S/C23H21F2N7O/c24-17-8-16(9-18(25)11-17)12-30-6-4-21-20(14-30)22(33)32(23-27-5-7-31(21)23)13-15-2-1-3-19(10-15)28-29-26/h1-3,8-11H,4-7,12-14H2. The molecule has 3 aliphatic rings. The summed E-state index contributed by atoms with van der Waals surface area (Å²) in [5.74, 6) is -0.690. The molecule has 0 saturated heterocycles. The van der Waals surface area contributed by atoms with Crippen LogP contribution >= 0.6 is 0 Å².